The van der Waals surface area contributed by atoms with Gasteiger partial charge in [0.25, 0.3) is 5.91 Å². The van der Waals surface area contributed by atoms with Gasteiger partial charge in [0.2, 0.25) is 5.82 Å². The monoisotopic (exact) mass is 674 g/mol. The average Bonchev–Trinajstić information content (AvgIpc) is 3.76. The third-order valence-corrected chi connectivity index (χ3v) is 8.89. The van der Waals surface area contributed by atoms with Gasteiger partial charge in [0.1, 0.15) is 6.07 Å². The van der Waals surface area contributed by atoms with Gasteiger partial charge in [0, 0.05) is 81.9 Å². The Bertz CT molecular complexity index is 1990. The molecule has 5 heterocycles. The fraction of sp³-hybridized carbons (Fsp3) is 0.323. The maximum absolute atomic E-state index is 15.0. The number of carbonyl (C=O) groups is 1. The Balaban J connectivity index is 0.964. The molecule has 5 aromatic rings. The topological polar surface area (TPSA) is 156 Å². The molecule has 17 heteroatoms. The molecule has 0 atom stereocenters. The number of likely N-dealkylation sites (tertiary alicyclic amines) is 1. The number of benzene rings is 2. The van der Waals surface area contributed by atoms with Crippen molar-refractivity contribution < 1.29 is 18.3 Å². The lowest BCUT2D eigenvalue weighted by Crippen LogP contribution is -2.52. The average molecular weight is 675 g/mol. The number of ether oxygens (including phenoxy) is 1. The van der Waals surface area contributed by atoms with Gasteiger partial charge in [0.15, 0.2) is 35.5 Å². The molecule has 2 aliphatic rings. The largest absolute Gasteiger partial charge is 0.476 e. The normalized spacial score (nSPS) is 15.8. The van der Waals surface area contributed by atoms with E-state index in [2.05, 4.69) is 45.7 Å². The Labute approximate surface area is 277 Å². The lowest BCUT2D eigenvalue weighted by molar-refractivity contribution is 0.0592. The van der Waals surface area contributed by atoms with Crippen LogP contribution in [0.3, 0.4) is 0 Å². The third-order valence-electron chi connectivity index (χ3n) is 8.58. The van der Waals surface area contributed by atoms with E-state index in [9.17, 15) is 13.6 Å². The summed E-state index contributed by atoms with van der Waals surface area (Å²) in [6, 6.07) is 9.40. The summed E-state index contributed by atoms with van der Waals surface area (Å²) in [5, 5.41) is 26.4. The third kappa shape index (κ3) is 6.22. The van der Waals surface area contributed by atoms with Crippen LogP contribution in [-0.2, 0) is 0 Å². The van der Waals surface area contributed by atoms with Crippen LogP contribution in [0, 0.1) is 23.0 Å². The van der Waals surface area contributed by atoms with Gasteiger partial charge < -0.3 is 19.9 Å². The van der Waals surface area contributed by atoms with Crippen LogP contribution < -0.4 is 10.1 Å². The summed E-state index contributed by atoms with van der Waals surface area (Å²) in [6.07, 6.45) is 4.48. The molecule has 14 nitrogen and oxygen atoms in total. The number of piperazine rings is 1. The minimum Gasteiger partial charge on any atom is -0.476 e. The standard InChI is InChI=1S/C31H29ClF2N12O2/c32-23-15-20(38-29-30-37-16-24(46(30)7-6-36-29)22-3-4-25(48-14-5-35)27(34)26(22)33)1-2-21(23)31(47)45-12-10-43(11-13-45)8-9-44-17-19(18-44)28-39-41-42-40-28/h1-4,6-7,15-16,19H,8-14,17-18H2,(H,36,38)(H,39,40,41,42). The molecule has 0 saturated carbocycles. The Morgan fingerprint density at radius 3 is 2.65 bits per heavy atom. The number of aromatic nitrogens is 7. The van der Waals surface area contributed by atoms with Gasteiger partial charge in [-0.25, -0.2) is 14.4 Å². The minimum absolute atomic E-state index is 0.0422. The Kier molecular flexibility index (Phi) is 8.80. The van der Waals surface area contributed by atoms with Gasteiger partial charge in [-0.2, -0.15) is 14.9 Å². The molecule has 2 fully saturated rings. The fourth-order valence-electron chi connectivity index (χ4n) is 5.95. The Hall–Kier alpha value is -5.24. The zero-order valence-corrected chi connectivity index (χ0v) is 26.2. The predicted octanol–water partition coefficient (Wildman–Crippen LogP) is 3.34. The van der Waals surface area contributed by atoms with E-state index < -0.39 is 18.2 Å². The second kappa shape index (κ2) is 13.5. The van der Waals surface area contributed by atoms with E-state index in [0.29, 0.717) is 41.7 Å². The van der Waals surface area contributed by atoms with Crippen LogP contribution in [-0.4, -0.2) is 115 Å². The highest BCUT2D eigenvalue weighted by atomic mass is 35.5. The summed E-state index contributed by atoms with van der Waals surface area (Å²) in [5.74, 6) is -1.38. The number of fused-ring (bicyclic) bond motifs is 1. The molecule has 0 bridgehead atoms. The minimum atomic E-state index is -1.20. The lowest BCUT2D eigenvalue weighted by Gasteiger charge is -2.40. The van der Waals surface area contributed by atoms with Crippen molar-refractivity contribution >= 4 is 34.7 Å². The molecule has 0 spiro atoms. The molecule has 0 unspecified atom stereocenters. The smallest absolute Gasteiger partial charge is 0.255 e. The molecule has 1 amide bonds. The van der Waals surface area contributed by atoms with Crippen molar-refractivity contribution in [1.82, 2.24) is 49.7 Å². The maximum Gasteiger partial charge on any atom is 0.255 e. The number of hydrogen-bond acceptors (Lipinski definition) is 11. The van der Waals surface area contributed by atoms with Crippen LogP contribution in [0.5, 0.6) is 5.75 Å². The first-order chi connectivity index (χ1) is 23.4. The van der Waals surface area contributed by atoms with E-state index in [1.165, 1.54) is 24.5 Å². The van der Waals surface area contributed by atoms with Gasteiger partial charge in [-0.05, 0) is 30.3 Å². The number of tetrazole rings is 1. The molecule has 0 radical (unpaired) electrons. The zero-order valence-electron chi connectivity index (χ0n) is 25.5. The van der Waals surface area contributed by atoms with Crippen LogP contribution in [0.15, 0.2) is 48.9 Å². The predicted molar refractivity (Wildman–Crippen MR) is 170 cm³/mol. The number of carbonyl (C=O) groups excluding carboxylic acids is 1. The lowest BCUT2D eigenvalue weighted by atomic mass is 10.00. The highest BCUT2D eigenvalue weighted by molar-refractivity contribution is 6.34. The zero-order chi connectivity index (χ0) is 33.2. The van der Waals surface area contributed by atoms with Crippen molar-refractivity contribution in [2.45, 2.75) is 5.92 Å². The number of H-pyrrole nitrogens is 1. The first kappa shape index (κ1) is 31.4. The SMILES string of the molecule is N#CCOc1ccc(-c2cnc3c(Nc4ccc(C(=O)N5CCN(CCN6CC(c7nn[nH]n7)C6)CC5)c(Cl)c4)nccn23)c(F)c1F. The Morgan fingerprint density at radius 1 is 1.08 bits per heavy atom. The first-order valence-corrected chi connectivity index (χ1v) is 15.6. The number of nitrogens with one attached hydrogen (secondary N) is 2. The number of halogens is 3. The number of rotatable bonds is 10. The van der Waals surface area contributed by atoms with Crippen molar-refractivity contribution in [3.05, 3.63) is 77.0 Å². The van der Waals surface area contributed by atoms with Crippen LogP contribution in [0.25, 0.3) is 16.9 Å². The molecule has 0 aliphatic carbocycles. The van der Waals surface area contributed by atoms with E-state index >= 15 is 0 Å². The molecule has 7 rings (SSSR count). The van der Waals surface area contributed by atoms with Crippen molar-refractivity contribution in [1.29, 1.82) is 5.26 Å². The quantitative estimate of drug-likeness (QED) is 0.224. The van der Waals surface area contributed by atoms with E-state index in [1.54, 1.807) is 34.9 Å². The summed E-state index contributed by atoms with van der Waals surface area (Å²) in [7, 11) is 0. The number of anilines is 2. The van der Waals surface area contributed by atoms with Crippen molar-refractivity contribution in [3.8, 4) is 23.1 Å². The van der Waals surface area contributed by atoms with Crippen LogP contribution in [0.1, 0.15) is 22.1 Å². The molecular formula is C31H29ClF2N12O2. The summed E-state index contributed by atoms with van der Waals surface area (Å²) >= 11 is 6.61. The molecule has 2 aromatic carbocycles. The summed E-state index contributed by atoms with van der Waals surface area (Å²) < 4.78 is 36.1. The molecule has 2 saturated heterocycles. The Morgan fingerprint density at radius 2 is 1.90 bits per heavy atom. The number of nitriles is 1. The van der Waals surface area contributed by atoms with Crippen LogP contribution in [0.2, 0.25) is 5.02 Å². The van der Waals surface area contributed by atoms with E-state index in [-0.39, 0.29) is 27.9 Å². The first-order valence-electron chi connectivity index (χ1n) is 15.2. The van der Waals surface area contributed by atoms with E-state index in [1.807, 2.05) is 4.90 Å². The summed E-state index contributed by atoms with van der Waals surface area (Å²) in [6.45, 7) is 6.09. The van der Waals surface area contributed by atoms with Crippen molar-refractivity contribution in [2.24, 2.45) is 0 Å². The van der Waals surface area contributed by atoms with Crippen molar-refractivity contribution in [2.75, 3.05) is 64.3 Å². The van der Waals surface area contributed by atoms with E-state index in [0.717, 1.165) is 45.1 Å². The number of hydrogen-bond donors (Lipinski definition) is 2. The van der Waals surface area contributed by atoms with Crippen LogP contribution in [0.4, 0.5) is 20.3 Å². The van der Waals surface area contributed by atoms with Gasteiger partial charge in [-0.1, -0.05) is 16.8 Å². The highest BCUT2D eigenvalue weighted by Crippen LogP contribution is 2.32. The van der Waals surface area contributed by atoms with Crippen molar-refractivity contribution in [3.63, 3.8) is 0 Å². The number of aromatic amines is 1. The van der Waals surface area contributed by atoms with E-state index in [4.69, 9.17) is 21.6 Å². The maximum atomic E-state index is 15.0. The fourth-order valence-corrected chi connectivity index (χ4v) is 6.21. The number of amides is 1. The van der Waals surface area contributed by atoms with Gasteiger partial charge in [-0.3, -0.25) is 14.1 Å². The molecule has 3 aromatic heterocycles. The molecule has 48 heavy (non-hydrogen) atoms. The highest BCUT2D eigenvalue weighted by Gasteiger charge is 2.31. The molecular weight excluding hydrogens is 646 g/mol. The number of imidazole rings is 1. The number of nitrogens with zero attached hydrogens (tertiary/aromatic N) is 10. The molecule has 2 N–H and O–H groups in total. The van der Waals surface area contributed by atoms with Gasteiger partial charge in [0.05, 0.1) is 22.5 Å². The summed E-state index contributed by atoms with van der Waals surface area (Å²) in [5.41, 5.74) is 1.56. The second-order valence-corrected chi connectivity index (χ2v) is 11.9. The van der Waals surface area contributed by atoms with Gasteiger partial charge >= 0.3 is 0 Å². The molecule has 246 valence electrons. The van der Waals surface area contributed by atoms with Gasteiger partial charge in [-0.15, -0.1) is 10.2 Å². The molecule has 2 aliphatic heterocycles. The summed E-state index contributed by atoms with van der Waals surface area (Å²) in [4.78, 5) is 28.7. The van der Waals surface area contributed by atoms with Crippen LogP contribution >= 0.6 is 11.6 Å². The second-order valence-electron chi connectivity index (χ2n) is 11.5.